The van der Waals surface area contributed by atoms with Crippen molar-refractivity contribution in [3.63, 3.8) is 0 Å². The molecule has 1 saturated heterocycles. The molecule has 0 saturated carbocycles. The van der Waals surface area contributed by atoms with Gasteiger partial charge >= 0.3 is 0 Å². The minimum Gasteiger partial charge on any atom is -0.497 e. The van der Waals surface area contributed by atoms with Gasteiger partial charge in [-0.1, -0.05) is 17.7 Å². The fraction of sp³-hybridized carbons (Fsp3) is 0.632. The lowest BCUT2D eigenvalue weighted by atomic mass is 10.1. The minimum atomic E-state index is 0.742. The molecule has 1 fully saturated rings. The first-order valence-electron chi connectivity index (χ1n) is 9.22. The van der Waals surface area contributed by atoms with E-state index in [-0.39, 0.29) is 0 Å². The highest BCUT2D eigenvalue weighted by Crippen LogP contribution is 2.22. The Labute approximate surface area is 156 Å². The van der Waals surface area contributed by atoms with Crippen molar-refractivity contribution >= 4 is 17.6 Å². The van der Waals surface area contributed by atoms with Crippen molar-refractivity contribution in [2.24, 2.45) is 4.99 Å². The van der Waals surface area contributed by atoms with E-state index < -0.39 is 0 Å². The quantitative estimate of drug-likeness (QED) is 0.401. The van der Waals surface area contributed by atoms with Gasteiger partial charge in [0, 0.05) is 25.2 Å². The number of aliphatic imine (C=N–C) groups is 1. The molecule has 2 N–H and O–H groups in total. The summed E-state index contributed by atoms with van der Waals surface area (Å²) < 4.78 is 5.17. The maximum atomic E-state index is 6.27. The summed E-state index contributed by atoms with van der Waals surface area (Å²) in [4.78, 5) is 6.84. The van der Waals surface area contributed by atoms with Crippen LogP contribution in [0.15, 0.2) is 23.2 Å². The molecule has 0 aliphatic carbocycles. The van der Waals surface area contributed by atoms with Crippen molar-refractivity contribution in [3.05, 3.63) is 28.8 Å². The van der Waals surface area contributed by atoms with E-state index in [9.17, 15) is 0 Å². The zero-order valence-corrected chi connectivity index (χ0v) is 16.2. The van der Waals surface area contributed by atoms with E-state index in [0.29, 0.717) is 0 Å². The number of guanidine groups is 1. The van der Waals surface area contributed by atoms with E-state index in [2.05, 4.69) is 20.5 Å². The van der Waals surface area contributed by atoms with Gasteiger partial charge in [-0.25, -0.2) is 0 Å². The maximum absolute atomic E-state index is 6.27. The Balaban J connectivity index is 1.59. The maximum Gasteiger partial charge on any atom is 0.190 e. The van der Waals surface area contributed by atoms with E-state index in [4.69, 9.17) is 16.3 Å². The van der Waals surface area contributed by atoms with Crippen molar-refractivity contribution in [1.29, 1.82) is 0 Å². The standard InChI is InChI=1S/C19H31ClN4O/c1-21-19(22-10-3-4-12-24-13-5-6-14-24)23-11-9-16-7-8-17(25-2)15-18(16)20/h7-8,15H,3-6,9-14H2,1-2H3,(H2,21,22,23). The zero-order valence-electron chi connectivity index (χ0n) is 15.5. The van der Waals surface area contributed by atoms with Gasteiger partial charge in [0.1, 0.15) is 5.75 Å². The Hall–Kier alpha value is -1.46. The van der Waals surface area contributed by atoms with Gasteiger partial charge in [-0.15, -0.1) is 0 Å². The fourth-order valence-electron chi connectivity index (χ4n) is 3.07. The molecule has 1 aliphatic rings. The van der Waals surface area contributed by atoms with Gasteiger partial charge in [-0.2, -0.15) is 0 Å². The molecule has 140 valence electrons. The SMILES string of the molecule is CN=C(NCCCCN1CCCC1)NCCc1ccc(OC)cc1Cl. The van der Waals surface area contributed by atoms with Crippen LogP contribution < -0.4 is 15.4 Å². The second kappa shape index (κ2) is 11.2. The second-order valence-corrected chi connectivity index (χ2v) is 6.80. The van der Waals surface area contributed by atoms with Crippen LogP contribution in [0.3, 0.4) is 0 Å². The lowest BCUT2D eigenvalue weighted by molar-refractivity contribution is 0.330. The van der Waals surface area contributed by atoms with Gasteiger partial charge in [0.15, 0.2) is 5.96 Å². The van der Waals surface area contributed by atoms with Crippen molar-refractivity contribution in [2.75, 3.05) is 46.9 Å². The Bertz CT molecular complexity index is 544. The highest BCUT2D eigenvalue weighted by molar-refractivity contribution is 6.31. The van der Waals surface area contributed by atoms with Crippen LogP contribution in [0.25, 0.3) is 0 Å². The minimum absolute atomic E-state index is 0.742. The third-order valence-electron chi connectivity index (χ3n) is 4.56. The third kappa shape index (κ3) is 7.12. The molecule has 0 radical (unpaired) electrons. The van der Waals surface area contributed by atoms with Gasteiger partial charge in [-0.3, -0.25) is 4.99 Å². The first kappa shape index (κ1) is 19.9. The number of unbranched alkanes of at least 4 members (excludes halogenated alkanes) is 1. The normalized spacial score (nSPS) is 15.4. The number of ether oxygens (including phenoxy) is 1. The fourth-order valence-corrected chi connectivity index (χ4v) is 3.33. The average Bonchev–Trinajstić information content (AvgIpc) is 3.14. The number of methoxy groups -OCH3 is 1. The molecule has 6 heteroatoms. The number of nitrogens with zero attached hydrogens (tertiary/aromatic N) is 2. The molecule has 0 atom stereocenters. The van der Waals surface area contributed by atoms with Crippen LogP contribution in [0.1, 0.15) is 31.2 Å². The summed E-state index contributed by atoms with van der Waals surface area (Å²) in [7, 11) is 3.45. The Morgan fingerprint density at radius 3 is 2.64 bits per heavy atom. The molecule has 1 aliphatic heterocycles. The lowest BCUT2D eigenvalue weighted by Crippen LogP contribution is -2.38. The average molecular weight is 367 g/mol. The van der Waals surface area contributed by atoms with Crippen LogP contribution in [0, 0.1) is 0 Å². The van der Waals surface area contributed by atoms with E-state index >= 15 is 0 Å². The summed E-state index contributed by atoms with van der Waals surface area (Å²) in [6, 6.07) is 5.80. The first-order chi connectivity index (χ1) is 12.2. The lowest BCUT2D eigenvalue weighted by Gasteiger charge is -2.15. The summed E-state index contributed by atoms with van der Waals surface area (Å²) in [5.41, 5.74) is 1.11. The van der Waals surface area contributed by atoms with Crippen LogP contribution in [0.5, 0.6) is 5.75 Å². The van der Waals surface area contributed by atoms with Crippen LogP contribution >= 0.6 is 11.6 Å². The topological polar surface area (TPSA) is 48.9 Å². The van der Waals surface area contributed by atoms with Crippen LogP contribution in [-0.2, 0) is 6.42 Å². The summed E-state index contributed by atoms with van der Waals surface area (Å²) in [5, 5.41) is 7.47. The van der Waals surface area contributed by atoms with Crippen LogP contribution in [0.4, 0.5) is 0 Å². The molecule has 2 rings (SSSR count). The number of nitrogens with one attached hydrogen (secondary N) is 2. The molecule has 1 aromatic carbocycles. The summed E-state index contributed by atoms with van der Waals surface area (Å²) in [6.45, 7) is 5.54. The van der Waals surface area contributed by atoms with Gasteiger partial charge in [0.2, 0.25) is 0 Å². The highest BCUT2D eigenvalue weighted by atomic mass is 35.5. The number of rotatable bonds is 9. The molecular formula is C19H31ClN4O. The third-order valence-corrected chi connectivity index (χ3v) is 4.91. The largest absolute Gasteiger partial charge is 0.497 e. The summed E-state index contributed by atoms with van der Waals surface area (Å²) >= 11 is 6.27. The molecule has 0 spiro atoms. The molecule has 5 nitrogen and oxygen atoms in total. The number of likely N-dealkylation sites (tertiary alicyclic amines) is 1. The Morgan fingerprint density at radius 2 is 1.96 bits per heavy atom. The Morgan fingerprint density at radius 1 is 1.20 bits per heavy atom. The monoisotopic (exact) mass is 366 g/mol. The molecule has 1 heterocycles. The van der Waals surface area contributed by atoms with Crippen molar-refractivity contribution in [2.45, 2.75) is 32.1 Å². The molecule has 1 aromatic rings. The molecule has 25 heavy (non-hydrogen) atoms. The van der Waals surface area contributed by atoms with Crippen molar-refractivity contribution < 1.29 is 4.74 Å². The van der Waals surface area contributed by atoms with Gasteiger partial charge in [-0.05, 0) is 69.4 Å². The number of benzene rings is 1. The van der Waals surface area contributed by atoms with E-state index in [0.717, 1.165) is 41.8 Å². The predicted octanol–water partition coefficient (Wildman–Crippen LogP) is 2.93. The van der Waals surface area contributed by atoms with Gasteiger partial charge in [0.25, 0.3) is 0 Å². The van der Waals surface area contributed by atoms with Gasteiger partial charge < -0.3 is 20.3 Å². The predicted molar refractivity (Wildman–Crippen MR) is 106 cm³/mol. The van der Waals surface area contributed by atoms with E-state index in [1.165, 1.54) is 45.3 Å². The molecule has 0 amide bonds. The zero-order chi connectivity index (χ0) is 17.9. The van der Waals surface area contributed by atoms with E-state index in [1.807, 2.05) is 18.2 Å². The van der Waals surface area contributed by atoms with Crippen LogP contribution in [-0.4, -0.2) is 57.7 Å². The van der Waals surface area contributed by atoms with Crippen molar-refractivity contribution in [1.82, 2.24) is 15.5 Å². The molecule has 0 aromatic heterocycles. The summed E-state index contributed by atoms with van der Waals surface area (Å²) in [6.07, 6.45) is 5.99. The number of halogens is 1. The second-order valence-electron chi connectivity index (χ2n) is 6.39. The van der Waals surface area contributed by atoms with E-state index in [1.54, 1.807) is 14.2 Å². The van der Waals surface area contributed by atoms with Gasteiger partial charge in [0.05, 0.1) is 7.11 Å². The van der Waals surface area contributed by atoms with Crippen LogP contribution in [0.2, 0.25) is 5.02 Å². The smallest absolute Gasteiger partial charge is 0.190 e. The molecule has 0 unspecified atom stereocenters. The van der Waals surface area contributed by atoms with Crippen molar-refractivity contribution in [3.8, 4) is 5.75 Å². The number of hydrogen-bond acceptors (Lipinski definition) is 3. The summed E-state index contributed by atoms with van der Waals surface area (Å²) in [5.74, 6) is 1.64. The molecule has 0 bridgehead atoms. The number of hydrogen-bond donors (Lipinski definition) is 2. The first-order valence-corrected chi connectivity index (χ1v) is 9.60. The molecular weight excluding hydrogens is 336 g/mol. The Kier molecular flexibility index (Phi) is 8.91. The highest BCUT2D eigenvalue weighted by Gasteiger charge is 2.10.